The molecule has 2 atom stereocenters. The maximum absolute atomic E-state index is 12.4. The summed E-state index contributed by atoms with van der Waals surface area (Å²) < 4.78 is 8.89. The summed E-state index contributed by atoms with van der Waals surface area (Å²) >= 11 is 0. The van der Waals surface area contributed by atoms with Gasteiger partial charge in [0.1, 0.15) is 18.3 Å². The minimum Gasteiger partial charge on any atom is -0.444 e. The topological polar surface area (TPSA) is 201 Å². The van der Waals surface area contributed by atoms with Crippen LogP contribution >= 0.6 is 0 Å². The SMILES string of the molecule is Cn1cc(Nc2ncnc(-c3ccc4c(c3)CCCC[C@H]4N)n2)cn1.Cn1cc(Nc2ncnc(-c3ccc4c(c3)CCCC[C@H]4NC(=O)OC(C)(C)C)n2)cn1. The van der Waals surface area contributed by atoms with Crippen molar-refractivity contribution in [3.05, 3.63) is 96.1 Å². The highest BCUT2D eigenvalue weighted by Gasteiger charge is 2.24. The summed E-state index contributed by atoms with van der Waals surface area (Å²) in [6.45, 7) is 5.60. The molecule has 2 aliphatic rings. The van der Waals surface area contributed by atoms with Crippen molar-refractivity contribution in [3.63, 3.8) is 0 Å². The summed E-state index contributed by atoms with van der Waals surface area (Å²) in [5.74, 6) is 2.21. The van der Waals surface area contributed by atoms with Crippen LogP contribution in [0.15, 0.2) is 73.8 Å². The number of hydrogen-bond donors (Lipinski definition) is 4. The molecule has 0 aliphatic heterocycles. The van der Waals surface area contributed by atoms with Crippen molar-refractivity contribution in [2.24, 2.45) is 19.8 Å². The van der Waals surface area contributed by atoms with Crippen LogP contribution in [0.25, 0.3) is 22.8 Å². The molecule has 0 spiro atoms. The first kappa shape index (κ1) is 39.0. The molecule has 0 unspecified atom stereocenters. The number of carbonyl (C=O) groups is 1. The average molecular weight is 771 g/mol. The van der Waals surface area contributed by atoms with Gasteiger partial charge >= 0.3 is 6.09 Å². The number of nitrogens with zero attached hydrogens (tertiary/aromatic N) is 10. The Labute approximate surface area is 332 Å². The molecule has 0 radical (unpaired) electrons. The van der Waals surface area contributed by atoms with Crippen molar-refractivity contribution in [1.29, 1.82) is 0 Å². The van der Waals surface area contributed by atoms with E-state index in [1.807, 2.05) is 59.4 Å². The van der Waals surface area contributed by atoms with Crippen molar-refractivity contribution in [3.8, 4) is 22.8 Å². The number of carbonyl (C=O) groups excluding carboxylic acids is 1. The third-order valence-corrected chi connectivity index (χ3v) is 9.73. The summed E-state index contributed by atoms with van der Waals surface area (Å²) in [5.41, 5.74) is 14.2. The van der Waals surface area contributed by atoms with Crippen LogP contribution in [0.2, 0.25) is 0 Å². The third kappa shape index (κ3) is 10.3. The van der Waals surface area contributed by atoms with Crippen molar-refractivity contribution < 1.29 is 9.53 Å². The first-order valence-electron chi connectivity index (χ1n) is 19.4. The molecular formula is C41H50N14O2. The number of ether oxygens (including phenoxy) is 1. The van der Waals surface area contributed by atoms with Gasteiger partial charge in [-0.15, -0.1) is 0 Å². The molecule has 296 valence electrons. The van der Waals surface area contributed by atoms with Gasteiger partial charge in [0.05, 0.1) is 29.8 Å². The molecule has 2 aromatic carbocycles. The highest BCUT2D eigenvalue weighted by molar-refractivity contribution is 5.69. The first-order chi connectivity index (χ1) is 27.5. The smallest absolute Gasteiger partial charge is 0.408 e. The van der Waals surface area contributed by atoms with E-state index in [2.05, 4.69) is 80.3 Å². The number of benzene rings is 2. The number of aryl methyl sites for hydroxylation is 4. The number of fused-ring (bicyclic) bond motifs is 2. The standard InChI is InChI=1S/C23H29N7O2.C18H21N7/c1-23(2,3)32-22(31)28-19-8-6-5-7-15-11-16(9-10-18(15)19)20-24-14-25-21(29-20)27-17-12-26-30(4)13-17;1-25-10-14(9-22-25)23-18-21-11-20-17(24-18)13-6-7-15-12(8-13)4-2-3-5-16(15)19/h9-14,19H,5-8H2,1-4H3,(H,28,31)(H,24,25,27,29);6-11,16H,2-5,19H2,1H3,(H,20,21,23,24)/t19-;16-/m11/s1. The van der Waals surface area contributed by atoms with Gasteiger partial charge in [0, 0.05) is 43.7 Å². The molecule has 4 aromatic heterocycles. The fraction of sp³-hybridized carbons (Fsp3) is 0.390. The van der Waals surface area contributed by atoms with Crippen LogP contribution in [0.3, 0.4) is 0 Å². The predicted octanol–water partition coefficient (Wildman–Crippen LogP) is 7.05. The number of hydrogen-bond acceptors (Lipinski definition) is 13. The molecule has 0 saturated carbocycles. The second-order valence-corrected chi connectivity index (χ2v) is 15.4. The van der Waals surface area contributed by atoms with Crippen LogP contribution in [0.4, 0.5) is 28.1 Å². The summed E-state index contributed by atoms with van der Waals surface area (Å²) in [7, 11) is 3.72. The summed E-state index contributed by atoms with van der Waals surface area (Å²) in [4.78, 5) is 38.6. The summed E-state index contributed by atoms with van der Waals surface area (Å²) in [6, 6.07) is 12.6. The van der Waals surface area contributed by atoms with Gasteiger partial charge in [-0.05, 0) is 93.7 Å². The predicted molar refractivity (Wildman–Crippen MR) is 218 cm³/mol. The normalized spacial score (nSPS) is 16.5. The van der Waals surface area contributed by atoms with E-state index in [0.29, 0.717) is 23.5 Å². The Kier molecular flexibility index (Phi) is 11.8. The van der Waals surface area contributed by atoms with Crippen molar-refractivity contribution in [2.75, 3.05) is 10.6 Å². The van der Waals surface area contributed by atoms with E-state index in [0.717, 1.165) is 66.6 Å². The molecule has 5 N–H and O–H groups in total. The van der Waals surface area contributed by atoms with Gasteiger partial charge in [-0.2, -0.15) is 20.2 Å². The third-order valence-electron chi connectivity index (χ3n) is 9.73. The first-order valence-corrected chi connectivity index (χ1v) is 19.4. The zero-order chi connectivity index (χ0) is 39.9. The van der Waals surface area contributed by atoms with Crippen LogP contribution in [0, 0.1) is 0 Å². The lowest BCUT2D eigenvalue weighted by molar-refractivity contribution is 0.0501. The molecule has 6 aromatic rings. The lowest BCUT2D eigenvalue weighted by Gasteiger charge is -2.24. The molecule has 8 rings (SSSR count). The number of nitrogens with two attached hydrogens (primary N) is 1. The molecule has 16 nitrogen and oxygen atoms in total. The van der Waals surface area contributed by atoms with E-state index in [1.54, 1.807) is 21.8 Å². The monoisotopic (exact) mass is 770 g/mol. The van der Waals surface area contributed by atoms with Crippen LogP contribution in [0.1, 0.15) is 93.6 Å². The van der Waals surface area contributed by atoms with Crippen molar-refractivity contribution in [1.82, 2.24) is 54.8 Å². The van der Waals surface area contributed by atoms with E-state index in [1.165, 1.54) is 42.2 Å². The zero-order valence-electron chi connectivity index (χ0n) is 33.1. The number of aromatic nitrogens is 10. The largest absolute Gasteiger partial charge is 0.444 e. The Morgan fingerprint density at radius 2 is 1.26 bits per heavy atom. The average Bonchev–Trinajstić information content (AvgIpc) is 3.66. The second kappa shape index (κ2) is 17.2. The number of rotatable bonds is 7. The number of anilines is 4. The van der Waals surface area contributed by atoms with Gasteiger partial charge < -0.3 is 26.4 Å². The fourth-order valence-electron chi connectivity index (χ4n) is 7.10. The van der Waals surface area contributed by atoms with E-state index < -0.39 is 5.60 Å². The van der Waals surface area contributed by atoms with E-state index in [4.69, 9.17) is 10.5 Å². The summed E-state index contributed by atoms with van der Waals surface area (Å²) in [6.07, 6.45) is 18.2. The lowest BCUT2D eigenvalue weighted by atomic mass is 9.96. The van der Waals surface area contributed by atoms with E-state index >= 15 is 0 Å². The Bertz CT molecular complexity index is 2310. The van der Waals surface area contributed by atoms with Gasteiger partial charge in [-0.1, -0.05) is 37.1 Å². The molecule has 1 amide bonds. The fourth-order valence-corrected chi connectivity index (χ4v) is 7.10. The van der Waals surface area contributed by atoms with Crippen molar-refractivity contribution in [2.45, 2.75) is 89.8 Å². The van der Waals surface area contributed by atoms with Crippen LogP contribution in [-0.2, 0) is 31.7 Å². The van der Waals surface area contributed by atoms with Gasteiger partial charge in [0.15, 0.2) is 11.6 Å². The number of nitrogens with one attached hydrogen (secondary N) is 3. The molecule has 16 heteroatoms. The molecule has 0 saturated heterocycles. The van der Waals surface area contributed by atoms with E-state index in [9.17, 15) is 4.79 Å². The van der Waals surface area contributed by atoms with Crippen molar-refractivity contribution >= 4 is 29.4 Å². The Hall–Kier alpha value is -6.29. The van der Waals surface area contributed by atoms with Crippen LogP contribution in [0.5, 0.6) is 0 Å². The highest BCUT2D eigenvalue weighted by atomic mass is 16.6. The molecule has 4 heterocycles. The lowest BCUT2D eigenvalue weighted by Crippen LogP contribution is -2.35. The maximum Gasteiger partial charge on any atom is 0.408 e. The van der Waals surface area contributed by atoms with Gasteiger partial charge in [-0.3, -0.25) is 9.36 Å². The molecule has 0 fully saturated rings. The van der Waals surface area contributed by atoms with Gasteiger partial charge in [0.25, 0.3) is 0 Å². The summed E-state index contributed by atoms with van der Waals surface area (Å²) in [5, 5.41) is 17.6. The van der Waals surface area contributed by atoms with Crippen LogP contribution < -0.4 is 21.7 Å². The Morgan fingerprint density at radius 1 is 0.737 bits per heavy atom. The molecule has 2 aliphatic carbocycles. The second-order valence-electron chi connectivity index (χ2n) is 15.4. The number of amides is 1. The number of alkyl carbamates (subject to hydrolysis) is 1. The quantitative estimate of drug-likeness (QED) is 0.120. The maximum atomic E-state index is 12.4. The van der Waals surface area contributed by atoms with Gasteiger partial charge in [-0.25, -0.2) is 24.7 Å². The molecule has 57 heavy (non-hydrogen) atoms. The van der Waals surface area contributed by atoms with Crippen LogP contribution in [-0.4, -0.2) is 61.2 Å². The van der Waals surface area contributed by atoms with Gasteiger partial charge in [0.2, 0.25) is 11.9 Å². The highest BCUT2D eigenvalue weighted by Crippen LogP contribution is 2.33. The van der Waals surface area contributed by atoms with E-state index in [-0.39, 0.29) is 18.2 Å². The Morgan fingerprint density at radius 3 is 1.79 bits per heavy atom. The molecular weight excluding hydrogens is 721 g/mol. The Balaban J connectivity index is 0.000000179. The minimum absolute atomic E-state index is 0.0717. The zero-order valence-corrected chi connectivity index (χ0v) is 33.1. The molecule has 0 bridgehead atoms. The minimum atomic E-state index is -0.526.